The molecule has 0 fully saturated rings. The maximum Gasteiger partial charge on any atom is 0.332 e. The molecule has 0 spiro atoms. The average molecular weight is 613 g/mol. The van der Waals surface area contributed by atoms with Crippen LogP contribution in [0.4, 0.5) is 5.82 Å². The highest BCUT2D eigenvalue weighted by Crippen LogP contribution is 2.39. The van der Waals surface area contributed by atoms with Crippen molar-refractivity contribution < 1.29 is 17.3 Å². The Morgan fingerprint density at radius 1 is 1.00 bits per heavy atom. The Hall–Kier alpha value is -3.30. The fourth-order valence-electron chi connectivity index (χ4n) is 4.79. The molecule has 0 radical (unpaired) electrons. The van der Waals surface area contributed by atoms with Crippen molar-refractivity contribution in [2.24, 2.45) is 5.41 Å². The Morgan fingerprint density at radius 2 is 1.72 bits per heavy atom. The van der Waals surface area contributed by atoms with Crippen LogP contribution in [-0.2, 0) is 10.1 Å². The molecule has 0 aliphatic heterocycles. The summed E-state index contributed by atoms with van der Waals surface area (Å²) in [7, 11) is -2.54. The first-order valence-electron chi connectivity index (χ1n) is 12.6. The molecule has 0 amide bonds. The first-order valence-corrected chi connectivity index (χ1v) is 14.8. The lowest BCUT2D eigenvalue weighted by Crippen LogP contribution is -2.36. The number of imidazole rings is 1. The summed E-state index contributed by atoms with van der Waals surface area (Å²) in [5.41, 5.74) is 2.87. The fourth-order valence-corrected chi connectivity index (χ4v) is 5.90. The summed E-state index contributed by atoms with van der Waals surface area (Å²) in [4.78, 5) is 4.90. The smallest absolute Gasteiger partial charge is 0.332 e. The minimum Gasteiger partial charge on any atom is -0.493 e. The van der Waals surface area contributed by atoms with Gasteiger partial charge in [-0.15, -0.1) is 0 Å². The van der Waals surface area contributed by atoms with Crippen LogP contribution in [0.5, 0.6) is 11.5 Å². The topological polar surface area (TPSA) is 81.9 Å². The van der Waals surface area contributed by atoms with E-state index in [4.69, 9.17) is 13.9 Å². The summed E-state index contributed by atoms with van der Waals surface area (Å²) in [6.45, 7) is 11.0. The van der Waals surface area contributed by atoms with Gasteiger partial charge in [0.15, 0.2) is 11.5 Å². The van der Waals surface area contributed by atoms with Gasteiger partial charge in [-0.25, -0.2) is 4.98 Å². The number of halogens is 1. The van der Waals surface area contributed by atoms with Gasteiger partial charge in [-0.3, -0.25) is 4.40 Å². The SMILES string of the molecule is COc1cc(-c2nc3ccc(Br)cn3c2NC(C)(C)CC(C)(C)C)ccc1OS(=O)(=O)C=Cc1ccccc1. The molecule has 7 nitrogen and oxygen atoms in total. The molecule has 0 saturated carbocycles. The van der Waals surface area contributed by atoms with Crippen molar-refractivity contribution in [3.63, 3.8) is 0 Å². The number of anilines is 1. The zero-order valence-electron chi connectivity index (χ0n) is 23.0. The van der Waals surface area contributed by atoms with Gasteiger partial charge < -0.3 is 14.2 Å². The summed E-state index contributed by atoms with van der Waals surface area (Å²) >= 11 is 3.57. The number of hydrogen-bond donors (Lipinski definition) is 1. The van der Waals surface area contributed by atoms with Crippen LogP contribution in [-0.4, -0.2) is 30.5 Å². The Labute approximate surface area is 239 Å². The van der Waals surface area contributed by atoms with E-state index in [0.29, 0.717) is 5.69 Å². The Kier molecular flexibility index (Phi) is 8.14. The highest BCUT2D eigenvalue weighted by molar-refractivity contribution is 9.10. The molecule has 9 heteroatoms. The maximum absolute atomic E-state index is 12.7. The molecule has 4 rings (SSSR count). The Bertz CT molecular complexity index is 1600. The minimum absolute atomic E-state index is 0.0908. The molecule has 1 N–H and O–H groups in total. The lowest BCUT2D eigenvalue weighted by molar-refractivity contribution is 0.302. The zero-order valence-corrected chi connectivity index (χ0v) is 25.4. The average Bonchev–Trinajstić information content (AvgIpc) is 3.18. The number of pyridine rings is 1. The van der Waals surface area contributed by atoms with E-state index < -0.39 is 10.1 Å². The summed E-state index contributed by atoms with van der Waals surface area (Å²) in [5, 5.41) is 4.75. The van der Waals surface area contributed by atoms with Gasteiger partial charge in [0.2, 0.25) is 0 Å². The third-order valence-electron chi connectivity index (χ3n) is 5.88. The molecular weight excluding hydrogens is 578 g/mol. The molecule has 0 atom stereocenters. The highest BCUT2D eigenvalue weighted by atomic mass is 79.9. The minimum atomic E-state index is -4.02. The predicted molar refractivity (Wildman–Crippen MR) is 162 cm³/mol. The predicted octanol–water partition coefficient (Wildman–Crippen LogP) is 7.78. The second kappa shape index (κ2) is 11.1. The van der Waals surface area contributed by atoms with Crippen LogP contribution in [0.2, 0.25) is 0 Å². The van der Waals surface area contributed by atoms with Crippen molar-refractivity contribution in [2.45, 2.75) is 46.6 Å². The quantitative estimate of drug-likeness (QED) is 0.195. The largest absolute Gasteiger partial charge is 0.493 e. The summed E-state index contributed by atoms with van der Waals surface area (Å²) in [6, 6.07) is 18.1. The van der Waals surface area contributed by atoms with Gasteiger partial charge in [0, 0.05) is 21.8 Å². The molecule has 206 valence electrons. The molecular formula is C30H34BrN3O4S. The summed E-state index contributed by atoms with van der Waals surface area (Å²) < 4.78 is 39.2. The Morgan fingerprint density at radius 3 is 2.38 bits per heavy atom. The van der Waals surface area contributed by atoms with Crippen LogP contribution < -0.4 is 14.2 Å². The number of ether oxygens (including phenoxy) is 1. The monoisotopic (exact) mass is 611 g/mol. The van der Waals surface area contributed by atoms with Crippen molar-refractivity contribution in [1.82, 2.24) is 9.38 Å². The van der Waals surface area contributed by atoms with E-state index in [9.17, 15) is 8.42 Å². The van der Waals surface area contributed by atoms with E-state index in [-0.39, 0.29) is 22.5 Å². The standard InChI is InChI=1S/C30H34BrN3O4S/c1-29(2,3)20-30(4,5)33-28-27(32-26-15-13-23(31)19-34(26)28)22-12-14-24(25(18-22)37-6)38-39(35,36)17-16-21-10-8-7-9-11-21/h7-19,33H,20H2,1-6H3. The van der Waals surface area contributed by atoms with Crippen LogP contribution in [0.3, 0.4) is 0 Å². The lowest BCUT2D eigenvalue weighted by Gasteiger charge is -2.34. The summed E-state index contributed by atoms with van der Waals surface area (Å²) in [5.74, 6) is 1.20. The number of nitrogens with one attached hydrogen (secondary N) is 1. The molecule has 0 bridgehead atoms. The van der Waals surface area contributed by atoms with Gasteiger partial charge >= 0.3 is 10.1 Å². The third kappa shape index (κ3) is 7.42. The van der Waals surface area contributed by atoms with Crippen LogP contribution in [0.25, 0.3) is 23.0 Å². The second-order valence-corrected chi connectivity index (χ2v) is 13.6. The summed E-state index contributed by atoms with van der Waals surface area (Å²) in [6.07, 6.45) is 4.38. The number of nitrogens with zero attached hydrogens (tertiary/aromatic N) is 2. The fraction of sp³-hybridized carbons (Fsp3) is 0.300. The van der Waals surface area contributed by atoms with Gasteiger partial charge in [0.25, 0.3) is 0 Å². The zero-order chi connectivity index (χ0) is 28.4. The number of rotatable bonds is 9. The Balaban J connectivity index is 1.71. The van der Waals surface area contributed by atoms with Crippen molar-refractivity contribution in [3.05, 3.63) is 82.3 Å². The molecule has 39 heavy (non-hydrogen) atoms. The normalized spacial score (nSPS) is 12.7. The van der Waals surface area contributed by atoms with E-state index in [1.165, 1.54) is 13.2 Å². The van der Waals surface area contributed by atoms with Gasteiger partial charge in [0.1, 0.15) is 17.2 Å². The molecule has 0 aliphatic rings. The number of fused-ring (bicyclic) bond motifs is 1. The number of hydrogen-bond acceptors (Lipinski definition) is 6. The number of benzene rings is 2. The molecule has 4 aromatic rings. The van der Waals surface area contributed by atoms with Crippen LogP contribution in [0, 0.1) is 5.41 Å². The molecule has 0 aliphatic carbocycles. The molecule has 2 heterocycles. The lowest BCUT2D eigenvalue weighted by atomic mass is 9.82. The van der Waals surface area contributed by atoms with E-state index >= 15 is 0 Å². The van der Waals surface area contributed by atoms with Gasteiger partial charge in [-0.1, -0.05) is 51.1 Å². The van der Waals surface area contributed by atoms with Crippen molar-refractivity contribution in [3.8, 4) is 22.8 Å². The third-order valence-corrected chi connectivity index (χ3v) is 7.23. The van der Waals surface area contributed by atoms with Crippen molar-refractivity contribution in [2.75, 3.05) is 12.4 Å². The highest BCUT2D eigenvalue weighted by Gasteiger charge is 2.28. The number of methoxy groups -OCH3 is 1. The molecule has 2 aromatic heterocycles. The van der Waals surface area contributed by atoms with Crippen molar-refractivity contribution >= 4 is 43.6 Å². The molecule has 0 unspecified atom stereocenters. The van der Waals surface area contributed by atoms with Crippen LogP contribution in [0.1, 0.15) is 46.6 Å². The van der Waals surface area contributed by atoms with Gasteiger partial charge in [-0.05, 0) is 83.6 Å². The van der Waals surface area contributed by atoms with E-state index in [2.05, 4.69) is 55.9 Å². The first kappa shape index (κ1) is 28.7. The molecule has 0 saturated heterocycles. The van der Waals surface area contributed by atoms with Gasteiger partial charge in [0.05, 0.1) is 12.5 Å². The number of aromatic nitrogens is 2. The van der Waals surface area contributed by atoms with E-state index in [1.807, 2.05) is 53.1 Å². The van der Waals surface area contributed by atoms with E-state index in [1.54, 1.807) is 18.2 Å². The molecule has 2 aromatic carbocycles. The van der Waals surface area contributed by atoms with E-state index in [0.717, 1.165) is 38.9 Å². The first-order chi connectivity index (χ1) is 18.3. The van der Waals surface area contributed by atoms with Gasteiger partial charge in [-0.2, -0.15) is 8.42 Å². The maximum atomic E-state index is 12.7. The second-order valence-electron chi connectivity index (χ2n) is 11.3. The van der Waals surface area contributed by atoms with Crippen LogP contribution >= 0.6 is 15.9 Å². The van der Waals surface area contributed by atoms with Crippen LogP contribution in [0.15, 0.2) is 76.7 Å². The van der Waals surface area contributed by atoms with Crippen molar-refractivity contribution in [1.29, 1.82) is 0 Å².